The maximum absolute atomic E-state index is 10.5. The molecule has 14 heavy (non-hydrogen) atoms. The number of hydrogen-bond acceptors (Lipinski definition) is 2. The highest BCUT2D eigenvalue weighted by Crippen LogP contribution is 2.29. The average Bonchev–Trinajstić information content (AvgIpc) is 2.43. The maximum Gasteiger partial charge on any atom is 0.405 e. The van der Waals surface area contributed by atoms with Crippen LogP contribution in [0.15, 0.2) is 24.3 Å². The lowest BCUT2D eigenvalue weighted by Crippen LogP contribution is -2.37. The molecule has 0 fully saturated rings. The lowest BCUT2D eigenvalue weighted by molar-refractivity contribution is 0.188. The first kappa shape index (κ1) is 9.02. The number of fused-ring (bicyclic) bond motifs is 1. The summed E-state index contributed by atoms with van der Waals surface area (Å²) in [6.45, 7) is 0. The van der Waals surface area contributed by atoms with E-state index in [1.807, 2.05) is 24.3 Å². The molecular formula is C10H12N2O2. The Kier molecular flexibility index (Phi) is 2.13. The molecule has 0 spiro atoms. The largest absolute Gasteiger partial charge is 0.465 e. The van der Waals surface area contributed by atoms with Gasteiger partial charge in [-0.1, -0.05) is 24.3 Å². The van der Waals surface area contributed by atoms with Crippen LogP contribution in [0.1, 0.15) is 17.2 Å². The molecule has 2 rings (SSSR count). The van der Waals surface area contributed by atoms with Gasteiger partial charge < -0.3 is 16.2 Å². The molecule has 0 saturated heterocycles. The highest BCUT2D eigenvalue weighted by atomic mass is 16.4. The van der Waals surface area contributed by atoms with E-state index in [2.05, 4.69) is 5.32 Å². The zero-order valence-corrected chi connectivity index (χ0v) is 7.60. The number of carbonyl (C=O) groups is 1. The number of rotatable bonds is 1. The summed E-state index contributed by atoms with van der Waals surface area (Å²) in [6, 6.07) is 7.33. The van der Waals surface area contributed by atoms with Crippen LogP contribution >= 0.6 is 0 Å². The van der Waals surface area contributed by atoms with Crippen molar-refractivity contribution in [3.63, 3.8) is 0 Å². The van der Waals surface area contributed by atoms with Gasteiger partial charge in [-0.15, -0.1) is 0 Å². The number of amides is 1. The lowest BCUT2D eigenvalue weighted by atomic mass is 10.1. The third-order valence-electron chi connectivity index (χ3n) is 2.55. The molecule has 0 bridgehead atoms. The molecule has 74 valence electrons. The number of nitrogens with one attached hydrogen (secondary N) is 1. The van der Waals surface area contributed by atoms with E-state index in [1.54, 1.807) is 0 Å². The quantitative estimate of drug-likeness (QED) is 0.618. The van der Waals surface area contributed by atoms with Crippen molar-refractivity contribution in [2.75, 3.05) is 0 Å². The molecule has 4 N–H and O–H groups in total. The topological polar surface area (TPSA) is 75.3 Å². The van der Waals surface area contributed by atoms with E-state index in [-0.39, 0.29) is 12.1 Å². The van der Waals surface area contributed by atoms with E-state index in [0.29, 0.717) is 0 Å². The zero-order chi connectivity index (χ0) is 10.1. The number of benzene rings is 1. The van der Waals surface area contributed by atoms with Crippen LogP contribution in [-0.4, -0.2) is 17.2 Å². The van der Waals surface area contributed by atoms with Crippen LogP contribution in [-0.2, 0) is 6.42 Å². The molecule has 2 atom stereocenters. The molecule has 4 nitrogen and oxygen atoms in total. The van der Waals surface area contributed by atoms with Crippen molar-refractivity contribution in [3.05, 3.63) is 35.4 Å². The number of nitrogens with two attached hydrogens (primary N) is 1. The Bertz CT molecular complexity index is 365. The van der Waals surface area contributed by atoms with Gasteiger partial charge in [-0.2, -0.15) is 0 Å². The maximum atomic E-state index is 10.5. The Morgan fingerprint density at radius 3 is 2.93 bits per heavy atom. The van der Waals surface area contributed by atoms with Crippen molar-refractivity contribution in [3.8, 4) is 0 Å². The van der Waals surface area contributed by atoms with Crippen LogP contribution in [0, 0.1) is 0 Å². The van der Waals surface area contributed by atoms with Gasteiger partial charge in [0.05, 0.1) is 6.04 Å². The Labute approximate surface area is 81.7 Å². The van der Waals surface area contributed by atoms with E-state index >= 15 is 0 Å². The Balaban J connectivity index is 2.30. The minimum Gasteiger partial charge on any atom is -0.465 e. The monoisotopic (exact) mass is 192 g/mol. The van der Waals surface area contributed by atoms with Gasteiger partial charge in [-0.05, 0) is 17.5 Å². The summed E-state index contributed by atoms with van der Waals surface area (Å²) >= 11 is 0. The Morgan fingerprint density at radius 2 is 2.21 bits per heavy atom. The number of carboxylic acid groups (broad SMARTS) is 1. The first-order valence-electron chi connectivity index (χ1n) is 4.51. The van der Waals surface area contributed by atoms with Crippen molar-refractivity contribution in [2.45, 2.75) is 18.5 Å². The van der Waals surface area contributed by atoms with Crippen LogP contribution < -0.4 is 11.1 Å². The highest BCUT2D eigenvalue weighted by molar-refractivity contribution is 5.66. The molecule has 1 amide bonds. The van der Waals surface area contributed by atoms with Crippen molar-refractivity contribution in [1.82, 2.24) is 5.32 Å². The van der Waals surface area contributed by atoms with Gasteiger partial charge in [-0.3, -0.25) is 0 Å². The first-order chi connectivity index (χ1) is 6.68. The second kappa shape index (κ2) is 3.31. The summed E-state index contributed by atoms with van der Waals surface area (Å²) in [5.74, 6) is 0. The van der Waals surface area contributed by atoms with Crippen LogP contribution in [0.3, 0.4) is 0 Å². The van der Waals surface area contributed by atoms with E-state index in [9.17, 15) is 4.79 Å². The highest BCUT2D eigenvalue weighted by Gasteiger charge is 2.30. The van der Waals surface area contributed by atoms with E-state index < -0.39 is 6.09 Å². The summed E-state index contributed by atoms with van der Waals surface area (Å²) in [7, 11) is 0. The molecule has 1 aromatic rings. The van der Waals surface area contributed by atoms with Crippen molar-refractivity contribution >= 4 is 6.09 Å². The fraction of sp³-hybridized carbons (Fsp3) is 0.300. The third-order valence-corrected chi connectivity index (χ3v) is 2.55. The SMILES string of the molecule is N[C@H]1Cc2ccccc2[C@H]1NC(=O)O. The van der Waals surface area contributed by atoms with Gasteiger partial charge in [0.2, 0.25) is 0 Å². The van der Waals surface area contributed by atoms with Crippen molar-refractivity contribution in [2.24, 2.45) is 5.73 Å². The van der Waals surface area contributed by atoms with Gasteiger partial charge in [0.15, 0.2) is 0 Å². The molecule has 0 aliphatic heterocycles. The second-order valence-electron chi connectivity index (χ2n) is 3.49. The van der Waals surface area contributed by atoms with Gasteiger partial charge in [0.25, 0.3) is 0 Å². The van der Waals surface area contributed by atoms with Gasteiger partial charge in [0.1, 0.15) is 0 Å². The molecule has 0 unspecified atom stereocenters. The van der Waals surface area contributed by atoms with Crippen molar-refractivity contribution in [1.29, 1.82) is 0 Å². The third kappa shape index (κ3) is 1.44. The standard InChI is InChI=1S/C10H12N2O2/c11-8-5-6-3-1-2-4-7(6)9(8)12-10(13)14/h1-4,8-9,12H,5,11H2,(H,13,14)/t8-,9+/m0/s1. The second-order valence-corrected chi connectivity index (χ2v) is 3.49. The molecule has 4 heteroatoms. The molecule has 1 aliphatic carbocycles. The van der Waals surface area contributed by atoms with Gasteiger partial charge in [0, 0.05) is 6.04 Å². The predicted octanol–water partition coefficient (Wildman–Crippen LogP) is 0.879. The predicted molar refractivity (Wildman–Crippen MR) is 52.0 cm³/mol. The van der Waals surface area contributed by atoms with Crippen LogP contribution in [0.5, 0.6) is 0 Å². The van der Waals surface area contributed by atoms with Crippen LogP contribution in [0.2, 0.25) is 0 Å². The van der Waals surface area contributed by atoms with E-state index in [0.717, 1.165) is 17.5 Å². The molecular weight excluding hydrogens is 180 g/mol. The summed E-state index contributed by atoms with van der Waals surface area (Å²) in [4.78, 5) is 10.5. The zero-order valence-electron chi connectivity index (χ0n) is 7.60. The molecule has 0 saturated carbocycles. The summed E-state index contributed by atoms with van der Waals surface area (Å²) < 4.78 is 0. The van der Waals surface area contributed by atoms with E-state index in [4.69, 9.17) is 10.8 Å². The Hall–Kier alpha value is -1.55. The van der Waals surface area contributed by atoms with Crippen LogP contribution in [0.25, 0.3) is 0 Å². The Morgan fingerprint density at radius 1 is 1.50 bits per heavy atom. The van der Waals surface area contributed by atoms with E-state index in [1.165, 1.54) is 0 Å². The average molecular weight is 192 g/mol. The molecule has 0 heterocycles. The first-order valence-corrected chi connectivity index (χ1v) is 4.51. The smallest absolute Gasteiger partial charge is 0.405 e. The summed E-state index contributed by atoms with van der Waals surface area (Å²) in [5.41, 5.74) is 7.99. The van der Waals surface area contributed by atoms with Gasteiger partial charge >= 0.3 is 6.09 Å². The number of hydrogen-bond donors (Lipinski definition) is 3. The summed E-state index contributed by atoms with van der Waals surface area (Å²) in [6.07, 6.45) is -0.289. The molecule has 0 radical (unpaired) electrons. The minimum absolute atomic E-state index is 0.150. The minimum atomic E-state index is -1.03. The van der Waals surface area contributed by atoms with Crippen LogP contribution in [0.4, 0.5) is 4.79 Å². The normalized spacial score (nSPS) is 24.4. The molecule has 1 aliphatic rings. The fourth-order valence-corrected chi connectivity index (χ4v) is 1.94. The molecule has 1 aromatic carbocycles. The summed E-state index contributed by atoms with van der Waals surface area (Å²) in [5, 5.41) is 11.1. The van der Waals surface area contributed by atoms with Crippen molar-refractivity contribution < 1.29 is 9.90 Å². The molecule has 0 aromatic heterocycles. The van der Waals surface area contributed by atoms with Gasteiger partial charge in [-0.25, -0.2) is 4.79 Å². The fourth-order valence-electron chi connectivity index (χ4n) is 1.94. The lowest BCUT2D eigenvalue weighted by Gasteiger charge is -2.16.